The second kappa shape index (κ2) is 12.1. The molecule has 8 heteroatoms. The van der Waals surface area contributed by atoms with Gasteiger partial charge in [0.25, 0.3) is 0 Å². The Kier molecular flexibility index (Phi) is 8.69. The van der Waals surface area contributed by atoms with Crippen molar-refractivity contribution in [1.82, 2.24) is 9.88 Å². The molecular weight excluding hydrogens is 523 g/mol. The summed E-state index contributed by atoms with van der Waals surface area (Å²) in [6.45, 7) is 6.01. The van der Waals surface area contributed by atoms with Crippen molar-refractivity contribution in [2.45, 2.75) is 103 Å². The SMILES string of the molecule is COc1ncc(C2CCC2)cc1CO[C@H]1[C@H](C(C)(C)C)[C@@H](C(=O)O)N(C(=O)C2CCCCC2)[C@H]1c1ccccc1F. The summed E-state index contributed by atoms with van der Waals surface area (Å²) in [5, 5.41) is 10.6. The molecule has 1 aromatic carbocycles. The number of carboxylic acid groups (broad SMARTS) is 1. The van der Waals surface area contributed by atoms with Crippen LogP contribution in [0.4, 0.5) is 4.39 Å². The molecule has 5 rings (SSSR count). The monoisotopic (exact) mass is 566 g/mol. The predicted molar refractivity (Wildman–Crippen MR) is 153 cm³/mol. The normalized spacial score (nSPS) is 25.6. The summed E-state index contributed by atoms with van der Waals surface area (Å²) in [4.78, 5) is 33.2. The Bertz CT molecular complexity index is 1250. The molecule has 2 aromatic rings. The molecule has 0 radical (unpaired) electrons. The summed E-state index contributed by atoms with van der Waals surface area (Å²) in [6.07, 6.45) is 8.89. The van der Waals surface area contributed by atoms with Crippen LogP contribution in [0.25, 0.3) is 0 Å². The largest absolute Gasteiger partial charge is 0.481 e. The molecule has 41 heavy (non-hydrogen) atoms. The zero-order valence-electron chi connectivity index (χ0n) is 24.6. The van der Waals surface area contributed by atoms with Gasteiger partial charge in [0.05, 0.1) is 25.9 Å². The molecule has 1 aliphatic heterocycles. The van der Waals surface area contributed by atoms with E-state index in [0.717, 1.165) is 43.2 Å². The minimum Gasteiger partial charge on any atom is -0.481 e. The number of hydrogen-bond acceptors (Lipinski definition) is 5. The van der Waals surface area contributed by atoms with Crippen molar-refractivity contribution in [3.8, 4) is 5.88 Å². The molecule has 2 saturated carbocycles. The molecule has 2 heterocycles. The maximum absolute atomic E-state index is 15.5. The minimum absolute atomic E-state index is 0.108. The molecule has 0 unspecified atom stereocenters. The van der Waals surface area contributed by atoms with Crippen molar-refractivity contribution in [3.05, 3.63) is 59.0 Å². The lowest BCUT2D eigenvalue weighted by atomic mass is 9.73. The van der Waals surface area contributed by atoms with Gasteiger partial charge in [0.15, 0.2) is 0 Å². The third-order valence-corrected chi connectivity index (χ3v) is 9.44. The molecule has 0 bridgehead atoms. The number of carboxylic acids is 1. The second-order valence-corrected chi connectivity index (χ2v) is 13.1. The van der Waals surface area contributed by atoms with Crippen molar-refractivity contribution >= 4 is 11.9 Å². The number of amides is 1. The third-order valence-electron chi connectivity index (χ3n) is 9.44. The Morgan fingerprint density at radius 3 is 2.37 bits per heavy atom. The van der Waals surface area contributed by atoms with Crippen LogP contribution in [0, 0.1) is 23.1 Å². The highest BCUT2D eigenvalue weighted by atomic mass is 19.1. The van der Waals surface area contributed by atoms with Crippen molar-refractivity contribution in [2.75, 3.05) is 7.11 Å². The molecule has 1 saturated heterocycles. The van der Waals surface area contributed by atoms with Crippen LogP contribution in [0.15, 0.2) is 36.5 Å². The van der Waals surface area contributed by atoms with Gasteiger partial charge in [-0.3, -0.25) is 4.79 Å². The first-order valence-corrected chi connectivity index (χ1v) is 15.1. The summed E-state index contributed by atoms with van der Waals surface area (Å²) in [5.74, 6) is -1.73. The third kappa shape index (κ3) is 5.85. The quantitative estimate of drug-likeness (QED) is 0.384. The van der Waals surface area contributed by atoms with Crippen LogP contribution in [0.3, 0.4) is 0 Å². The zero-order valence-corrected chi connectivity index (χ0v) is 24.6. The number of pyridine rings is 1. The highest BCUT2D eigenvalue weighted by molar-refractivity contribution is 5.87. The van der Waals surface area contributed by atoms with Gasteiger partial charge in [-0.2, -0.15) is 0 Å². The number of carbonyl (C=O) groups excluding carboxylic acids is 1. The molecule has 3 aliphatic rings. The lowest BCUT2D eigenvalue weighted by Gasteiger charge is -2.35. The zero-order chi connectivity index (χ0) is 29.3. The molecule has 1 amide bonds. The number of aliphatic carboxylic acids is 1. The second-order valence-electron chi connectivity index (χ2n) is 13.1. The highest BCUT2D eigenvalue weighted by Crippen LogP contribution is 2.51. The topological polar surface area (TPSA) is 89.0 Å². The number of methoxy groups -OCH3 is 1. The molecule has 1 N–H and O–H groups in total. The maximum atomic E-state index is 15.5. The number of nitrogens with zero attached hydrogens (tertiary/aromatic N) is 2. The van der Waals surface area contributed by atoms with Gasteiger partial charge < -0.3 is 19.5 Å². The number of aromatic nitrogens is 1. The van der Waals surface area contributed by atoms with Crippen LogP contribution in [0.1, 0.15) is 101 Å². The first-order chi connectivity index (χ1) is 19.6. The predicted octanol–water partition coefficient (Wildman–Crippen LogP) is 6.66. The summed E-state index contributed by atoms with van der Waals surface area (Å²) in [6, 6.07) is 6.38. The average molecular weight is 567 g/mol. The molecule has 7 nitrogen and oxygen atoms in total. The lowest BCUT2D eigenvalue weighted by Crippen LogP contribution is -2.49. The van der Waals surface area contributed by atoms with E-state index >= 15 is 4.39 Å². The number of halogens is 1. The van der Waals surface area contributed by atoms with Gasteiger partial charge in [-0.15, -0.1) is 0 Å². The van der Waals surface area contributed by atoms with Gasteiger partial charge in [0, 0.05) is 29.2 Å². The van der Waals surface area contributed by atoms with Gasteiger partial charge in [0.2, 0.25) is 11.8 Å². The standard InChI is InChI=1S/C33H43FN2O5/c1-33(2,3)26-28(32(38)39)36(31(37)21-11-6-5-7-12-21)27(24-15-8-9-16-25(24)34)29(26)41-19-23-17-22(20-13-10-14-20)18-35-30(23)40-4/h8-9,15-18,20-21,26-29H,5-7,10-14,19H2,1-4H3,(H,38,39)/t26-,27+,28+,29+/m1/s1. The highest BCUT2D eigenvalue weighted by Gasteiger charge is 2.59. The molecule has 3 fully saturated rings. The number of hydrogen-bond donors (Lipinski definition) is 1. The van der Waals surface area contributed by atoms with Gasteiger partial charge in [-0.05, 0) is 54.7 Å². The Balaban J connectivity index is 1.58. The molecule has 1 aromatic heterocycles. The van der Waals surface area contributed by atoms with Crippen molar-refractivity contribution in [2.24, 2.45) is 17.3 Å². The summed E-state index contributed by atoms with van der Waals surface area (Å²) < 4.78 is 27.8. The smallest absolute Gasteiger partial charge is 0.326 e. The Labute approximate surface area is 242 Å². The van der Waals surface area contributed by atoms with Crippen molar-refractivity contribution < 1.29 is 28.6 Å². The van der Waals surface area contributed by atoms with Crippen LogP contribution < -0.4 is 4.74 Å². The van der Waals surface area contributed by atoms with E-state index in [1.165, 1.54) is 17.4 Å². The first kappa shape index (κ1) is 29.5. The van der Waals surface area contributed by atoms with E-state index < -0.39 is 41.3 Å². The number of rotatable bonds is 8. The molecule has 222 valence electrons. The maximum Gasteiger partial charge on any atom is 0.326 e. The van der Waals surface area contributed by atoms with E-state index in [0.29, 0.717) is 24.6 Å². The van der Waals surface area contributed by atoms with Crippen LogP contribution in [-0.2, 0) is 20.9 Å². The number of benzene rings is 1. The number of carbonyl (C=O) groups is 2. The van der Waals surface area contributed by atoms with Gasteiger partial charge in [0.1, 0.15) is 11.9 Å². The number of ether oxygens (including phenoxy) is 2. The van der Waals surface area contributed by atoms with E-state index in [4.69, 9.17) is 9.47 Å². The van der Waals surface area contributed by atoms with Crippen LogP contribution in [0.5, 0.6) is 5.88 Å². The Morgan fingerprint density at radius 2 is 1.78 bits per heavy atom. The van der Waals surface area contributed by atoms with Crippen LogP contribution >= 0.6 is 0 Å². The van der Waals surface area contributed by atoms with E-state index in [2.05, 4.69) is 11.1 Å². The van der Waals surface area contributed by atoms with Crippen molar-refractivity contribution in [1.29, 1.82) is 0 Å². The summed E-state index contributed by atoms with van der Waals surface area (Å²) >= 11 is 0. The fraction of sp³-hybridized carbons (Fsp3) is 0.606. The summed E-state index contributed by atoms with van der Waals surface area (Å²) in [7, 11) is 1.57. The van der Waals surface area contributed by atoms with Gasteiger partial charge in [-0.25, -0.2) is 14.2 Å². The molecule has 0 spiro atoms. The van der Waals surface area contributed by atoms with E-state index in [1.54, 1.807) is 25.3 Å². The average Bonchev–Trinajstić information content (AvgIpc) is 3.27. The molecule has 2 aliphatic carbocycles. The Hall–Kier alpha value is -3.00. The van der Waals surface area contributed by atoms with Crippen LogP contribution in [0.2, 0.25) is 0 Å². The van der Waals surface area contributed by atoms with Gasteiger partial charge >= 0.3 is 5.97 Å². The number of likely N-dealkylation sites (tertiary alicyclic amines) is 1. The molecule has 4 atom stereocenters. The fourth-order valence-electron chi connectivity index (χ4n) is 7.14. The van der Waals surface area contributed by atoms with Crippen molar-refractivity contribution in [3.63, 3.8) is 0 Å². The summed E-state index contributed by atoms with van der Waals surface area (Å²) in [5.41, 5.74) is 1.63. The first-order valence-electron chi connectivity index (χ1n) is 15.1. The Morgan fingerprint density at radius 1 is 1.07 bits per heavy atom. The van der Waals surface area contributed by atoms with E-state index in [-0.39, 0.29) is 24.0 Å². The molecular formula is C33H43FN2O5. The van der Waals surface area contributed by atoms with Gasteiger partial charge in [-0.1, -0.05) is 64.7 Å². The van der Waals surface area contributed by atoms with Crippen LogP contribution in [-0.4, -0.2) is 46.1 Å². The van der Waals surface area contributed by atoms with E-state index in [9.17, 15) is 14.7 Å². The minimum atomic E-state index is -1.15. The fourth-order valence-corrected chi connectivity index (χ4v) is 7.14. The lowest BCUT2D eigenvalue weighted by molar-refractivity contribution is -0.154. The van der Waals surface area contributed by atoms with E-state index in [1.807, 2.05) is 27.0 Å².